The SMILES string of the molecule is C=CCC(C)(C(=O)OCCCC)C(O)C(=O)O. The Morgan fingerprint density at radius 3 is 2.53 bits per heavy atom. The third-order valence-electron chi connectivity index (χ3n) is 2.60. The monoisotopic (exact) mass is 244 g/mol. The number of esters is 1. The Morgan fingerprint density at radius 2 is 2.12 bits per heavy atom. The summed E-state index contributed by atoms with van der Waals surface area (Å²) in [5, 5.41) is 18.3. The first-order chi connectivity index (χ1) is 7.90. The molecule has 0 saturated heterocycles. The molecule has 0 fully saturated rings. The van der Waals surface area contributed by atoms with Crippen LogP contribution in [-0.2, 0) is 14.3 Å². The second-order valence-corrected chi connectivity index (χ2v) is 4.14. The van der Waals surface area contributed by atoms with Gasteiger partial charge in [-0.05, 0) is 19.8 Å². The fourth-order valence-electron chi connectivity index (χ4n) is 1.35. The van der Waals surface area contributed by atoms with Gasteiger partial charge < -0.3 is 14.9 Å². The van der Waals surface area contributed by atoms with Crippen LogP contribution in [0.5, 0.6) is 0 Å². The molecule has 2 N–H and O–H groups in total. The third kappa shape index (κ3) is 4.19. The Bertz CT molecular complexity index is 287. The van der Waals surface area contributed by atoms with Crippen LogP contribution >= 0.6 is 0 Å². The molecule has 5 heteroatoms. The minimum absolute atomic E-state index is 0.0470. The molecule has 0 aromatic carbocycles. The van der Waals surface area contributed by atoms with Crippen LogP contribution in [0.2, 0.25) is 0 Å². The van der Waals surface area contributed by atoms with Crippen molar-refractivity contribution in [3.63, 3.8) is 0 Å². The van der Waals surface area contributed by atoms with E-state index in [1.165, 1.54) is 13.0 Å². The Kier molecular flexibility index (Phi) is 6.50. The first kappa shape index (κ1) is 15.6. The lowest BCUT2D eigenvalue weighted by atomic mass is 9.81. The van der Waals surface area contributed by atoms with Gasteiger partial charge in [-0.15, -0.1) is 6.58 Å². The van der Waals surface area contributed by atoms with E-state index in [2.05, 4.69) is 6.58 Å². The van der Waals surface area contributed by atoms with Gasteiger partial charge in [0, 0.05) is 0 Å². The molecule has 2 unspecified atom stereocenters. The molecular weight excluding hydrogens is 224 g/mol. The number of rotatable bonds is 8. The first-order valence-corrected chi connectivity index (χ1v) is 5.59. The molecule has 0 aliphatic carbocycles. The highest BCUT2D eigenvalue weighted by Crippen LogP contribution is 2.29. The van der Waals surface area contributed by atoms with E-state index in [1.54, 1.807) is 0 Å². The van der Waals surface area contributed by atoms with Gasteiger partial charge in [-0.1, -0.05) is 19.4 Å². The summed E-state index contributed by atoms with van der Waals surface area (Å²) in [7, 11) is 0. The molecule has 0 rings (SSSR count). The van der Waals surface area contributed by atoms with Crippen LogP contribution in [0, 0.1) is 5.41 Å². The highest BCUT2D eigenvalue weighted by Gasteiger charge is 2.45. The highest BCUT2D eigenvalue weighted by molar-refractivity contribution is 5.85. The molecule has 0 bridgehead atoms. The lowest BCUT2D eigenvalue weighted by molar-refractivity contribution is -0.172. The highest BCUT2D eigenvalue weighted by atomic mass is 16.5. The van der Waals surface area contributed by atoms with Crippen molar-refractivity contribution in [2.75, 3.05) is 6.61 Å². The maximum Gasteiger partial charge on any atom is 0.333 e. The zero-order valence-corrected chi connectivity index (χ0v) is 10.3. The van der Waals surface area contributed by atoms with E-state index < -0.39 is 23.5 Å². The number of carboxylic acid groups (broad SMARTS) is 1. The molecule has 0 aliphatic heterocycles. The fourth-order valence-corrected chi connectivity index (χ4v) is 1.35. The summed E-state index contributed by atoms with van der Waals surface area (Å²) in [6.07, 6.45) is 1.22. The molecule has 2 atom stereocenters. The summed E-state index contributed by atoms with van der Waals surface area (Å²) in [5.74, 6) is -2.15. The number of aliphatic carboxylic acids is 1. The molecule has 0 aromatic rings. The van der Waals surface area contributed by atoms with E-state index in [-0.39, 0.29) is 13.0 Å². The van der Waals surface area contributed by atoms with Crippen LogP contribution in [0.3, 0.4) is 0 Å². The summed E-state index contributed by atoms with van der Waals surface area (Å²) in [6, 6.07) is 0. The third-order valence-corrected chi connectivity index (χ3v) is 2.60. The molecular formula is C12H20O5. The molecule has 5 nitrogen and oxygen atoms in total. The molecule has 0 aliphatic rings. The van der Waals surface area contributed by atoms with Crippen molar-refractivity contribution >= 4 is 11.9 Å². The number of carboxylic acids is 1. The minimum atomic E-state index is -1.80. The number of carbonyl (C=O) groups is 2. The number of carbonyl (C=O) groups excluding carboxylic acids is 1. The van der Waals surface area contributed by atoms with Gasteiger partial charge in [0.25, 0.3) is 0 Å². The summed E-state index contributed by atoms with van der Waals surface area (Å²) in [6.45, 7) is 7.00. The van der Waals surface area contributed by atoms with E-state index in [1.807, 2.05) is 6.92 Å². The maximum absolute atomic E-state index is 11.8. The van der Waals surface area contributed by atoms with Gasteiger partial charge in [0.05, 0.1) is 6.61 Å². The lowest BCUT2D eigenvalue weighted by Crippen LogP contribution is -2.45. The Hall–Kier alpha value is -1.36. The zero-order valence-electron chi connectivity index (χ0n) is 10.3. The summed E-state index contributed by atoms with van der Waals surface area (Å²) in [5.41, 5.74) is -1.48. The second-order valence-electron chi connectivity index (χ2n) is 4.14. The molecule has 0 radical (unpaired) electrons. The van der Waals surface area contributed by atoms with Gasteiger partial charge >= 0.3 is 11.9 Å². The van der Waals surface area contributed by atoms with Crippen molar-refractivity contribution in [1.82, 2.24) is 0 Å². The standard InChI is InChI=1S/C12H20O5/c1-4-6-8-17-11(16)12(3,7-5-2)9(13)10(14)15/h5,9,13H,2,4,6-8H2,1,3H3,(H,14,15). The van der Waals surface area contributed by atoms with E-state index in [4.69, 9.17) is 9.84 Å². The number of unbranched alkanes of at least 4 members (excludes halogenated alkanes) is 1. The smallest absolute Gasteiger partial charge is 0.333 e. The quantitative estimate of drug-likeness (QED) is 0.382. The van der Waals surface area contributed by atoms with Crippen molar-refractivity contribution < 1.29 is 24.5 Å². The topological polar surface area (TPSA) is 83.8 Å². The molecule has 0 spiro atoms. The Labute approximate surface area is 101 Å². The van der Waals surface area contributed by atoms with Gasteiger partial charge in [0.15, 0.2) is 6.10 Å². The molecule has 0 heterocycles. The van der Waals surface area contributed by atoms with E-state index in [9.17, 15) is 14.7 Å². The van der Waals surface area contributed by atoms with Crippen LogP contribution < -0.4 is 0 Å². The number of aliphatic hydroxyl groups excluding tert-OH is 1. The number of aliphatic hydroxyl groups is 1. The van der Waals surface area contributed by atoms with Gasteiger partial charge in [-0.2, -0.15) is 0 Å². The Balaban J connectivity index is 4.74. The average molecular weight is 244 g/mol. The number of ether oxygens (including phenoxy) is 1. The van der Waals surface area contributed by atoms with Crippen molar-refractivity contribution in [2.45, 2.75) is 39.2 Å². The maximum atomic E-state index is 11.8. The predicted octanol–water partition coefficient (Wildman–Crippen LogP) is 1.36. The van der Waals surface area contributed by atoms with Gasteiger partial charge in [0.1, 0.15) is 5.41 Å². The largest absolute Gasteiger partial charge is 0.479 e. The normalized spacial score (nSPS) is 15.7. The minimum Gasteiger partial charge on any atom is -0.479 e. The number of hydrogen-bond acceptors (Lipinski definition) is 4. The van der Waals surface area contributed by atoms with Crippen LogP contribution in [0.25, 0.3) is 0 Å². The molecule has 0 saturated carbocycles. The van der Waals surface area contributed by atoms with E-state index in [0.29, 0.717) is 6.42 Å². The number of allylic oxidation sites excluding steroid dienone is 1. The van der Waals surface area contributed by atoms with Crippen molar-refractivity contribution in [2.24, 2.45) is 5.41 Å². The summed E-state index contributed by atoms with van der Waals surface area (Å²) < 4.78 is 4.96. The van der Waals surface area contributed by atoms with E-state index in [0.717, 1.165) is 6.42 Å². The van der Waals surface area contributed by atoms with Gasteiger partial charge in [-0.25, -0.2) is 4.79 Å². The molecule has 0 aromatic heterocycles. The molecule has 98 valence electrons. The predicted molar refractivity (Wildman–Crippen MR) is 62.4 cm³/mol. The van der Waals surface area contributed by atoms with Crippen molar-refractivity contribution in [3.05, 3.63) is 12.7 Å². The summed E-state index contributed by atoms with van der Waals surface area (Å²) in [4.78, 5) is 22.5. The van der Waals surface area contributed by atoms with Crippen molar-refractivity contribution in [3.8, 4) is 0 Å². The molecule has 17 heavy (non-hydrogen) atoms. The lowest BCUT2D eigenvalue weighted by Gasteiger charge is -2.28. The second kappa shape index (κ2) is 7.06. The van der Waals surface area contributed by atoms with Crippen LogP contribution in [-0.4, -0.2) is 34.9 Å². The van der Waals surface area contributed by atoms with Crippen molar-refractivity contribution in [1.29, 1.82) is 0 Å². The van der Waals surface area contributed by atoms with E-state index >= 15 is 0 Å². The summed E-state index contributed by atoms with van der Waals surface area (Å²) >= 11 is 0. The van der Waals surface area contributed by atoms with Crippen LogP contribution in [0.1, 0.15) is 33.1 Å². The zero-order chi connectivity index (χ0) is 13.5. The van der Waals surface area contributed by atoms with Gasteiger partial charge in [0.2, 0.25) is 0 Å². The average Bonchev–Trinajstić information content (AvgIpc) is 2.28. The number of hydrogen-bond donors (Lipinski definition) is 2. The van der Waals surface area contributed by atoms with Crippen LogP contribution in [0.15, 0.2) is 12.7 Å². The first-order valence-electron chi connectivity index (χ1n) is 5.59. The van der Waals surface area contributed by atoms with Gasteiger partial charge in [-0.3, -0.25) is 4.79 Å². The Morgan fingerprint density at radius 1 is 1.53 bits per heavy atom. The fraction of sp³-hybridized carbons (Fsp3) is 0.667. The molecule has 0 amide bonds. The van der Waals surface area contributed by atoms with Crippen LogP contribution in [0.4, 0.5) is 0 Å².